The number of ether oxygens (including phenoxy) is 1. The van der Waals surface area contributed by atoms with E-state index in [1.165, 1.54) is 24.4 Å². The molecule has 0 radical (unpaired) electrons. The smallest absolute Gasteiger partial charge is 0.358 e. The van der Waals surface area contributed by atoms with Gasteiger partial charge in [-0.25, -0.2) is 23.4 Å². The molecule has 2 heterocycles. The number of hydrogen-bond donors (Lipinski definition) is 1. The van der Waals surface area contributed by atoms with Crippen molar-refractivity contribution in [2.45, 2.75) is 13.1 Å². The van der Waals surface area contributed by atoms with E-state index < -0.39 is 23.6 Å². The maximum absolute atomic E-state index is 13.2. The molecule has 0 bridgehead atoms. The molecule has 2 aromatic rings. The molecule has 1 N–H and O–H groups in total. The number of carbonyl (C=O) groups is 2. The predicted molar refractivity (Wildman–Crippen MR) is 79.4 cm³/mol. The van der Waals surface area contributed by atoms with E-state index in [-0.39, 0.29) is 17.9 Å². The molecule has 1 aliphatic rings. The SMILES string of the molecule is COC(=O)c1ncn2c1CN(C(=O)Nc1ccc(F)c(F)c1)CC2. The van der Waals surface area contributed by atoms with Crippen molar-refractivity contribution < 1.29 is 23.1 Å². The number of imidazole rings is 1. The summed E-state index contributed by atoms with van der Waals surface area (Å²) in [4.78, 5) is 29.4. The highest BCUT2D eigenvalue weighted by atomic mass is 19.2. The molecule has 1 aliphatic heterocycles. The molecule has 126 valence electrons. The van der Waals surface area contributed by atoms with Crippen molar-refractivity contribution in [1.29, 1.82) is 0 Å². The second-order valence-corrected chi connectivity index (χ2v) is 5.21. The van der Waals surface area contributed by atoms with E-state index in [0.717, 1.165) is 12.1 Å². The van der Waals surface area contributed by atoms with Crippen LogP contribution in [0.2, 0.25) is 0 Å². The van der Waals surface area contributed by atoms with Gasteiger partial charge in [-0.15, -0.1) is 0 Å². The number of urea groups is 1. The maximum Gasteiger partial charge on any atom is 0.358 e. The van der Waals surface area contributed by atoms with Gasteiger partial charge in [-0.2, -0.15) is 0 Å². The summed E-state index contributed by atoms with van der Waals surface area (Å²) in [5, 5.41) is 2.50. The normalized spacial score (nSPS) is 13.4. The van der Waals surface area contributed by atoms with Crippen LogP contribution in [0.3, 0.4) is 0 Å². The Balaban J connectivity index is 1.74. The molecule has 2 amide bonds. The first kappa shape index (κ1) is 15.9. The topological polar surface area (TPSA) is 76.5 Å². The van der Waals surface area contributed by atoms with E-state index in [1.807, 2.05) is 0 Å². The quantitative estimate of drug-likeness (QED) is 0.851. The van der Waals surface area contributed by atoms with Gasteiger partial charge in [-0.1, -0.05) is 0 Å². The Morgan fingerprint density at radius 3 is 2.75 bits per heavy atom. The lowest BCUT2D eigenvalue weighted by atomic mass is 10.2. The van der Waals surface area contributed by atoms with Gasteiger partial charge in [0.1, 0.15) is 0 Å². The highest BCUT2D eigenvalue weighted by molar-refractivity contribution is 5.91. The number of halogens is 2. The van der Waals surface area contributed by atoms with Crippen LogP contribution in [0.15, 0.2) is 24.5 Å². The number of esters is 1. The molecule has 0 spiro atoms. The van der Waals surface area contributed by atoms with Crippen LogP contribution in [0.4, 0.5) is 19.3 Å². The summed E-state index contributed by atoms with van der Waals surface area (Å²) >= 11 is 0. The average molecular weight is 336 g/mol. The molecular formula is C15H14F2N4O3. The highest BCUT2D eigenvalue weighted by Crippen LogP contribution is 2.19. The summed E-state index contributed by atoms with van der Waals surface area (Å²) in [5.41, 5.74) is 0.863. The largest absolute Gasteiger partial charge is 0.464 e. The van der Waals surface area contributed by atoms with Crippen molar-refractivity contribution in [2.24, 2.45) is 0 Å². The van der Waals surface area contributed by atoms with Crippen molar-refractivity contribution in [3.05, 3.63) is 47.5 Å². The summed E-state index contributed by atoms with van der Waals surface area (Å²) in [7, 11) is 1.25. The van der Waals surface area contributed by atoms with E-state index in [9.17, 15) is 18.4 Å². The van der Waals surface area contributed by atoms with E-state index >= 15 is 0 Å². The van der Waals surface area contributed by atoms with Crippen LogP contribution in [-0.4, -0.2) is 40.1 Å². The Morgan fingerprint density at radius 1 is 1.25 bits per heavy atom. The summed E-state index contributed by atoms with van der Waals surface area (Å²) in [6, 6.07) is 2.63. The minimum Gasteiger partial charge on any atom is -0.464 e. The van der Waals surface area contributed by atoms with Crippen molar-refractivity contribution in [2.75, 3.05) is 19.0 Å². The molecule has 9 heteroatoms. The molecule has 0 atom stereocenters. The summed E-state index contributed by atoms with van der Waals surface area (Å²) < 4.78 is 32.6. The second-order valence-electron chi connectivity index (χ2n) is 5.21. The lowest BCUT2D eigenvalue weighted by molar-refractivity contribution is 0.0591. The molecule has 24 heavy (non-hydrogen) atoms. The minimum atomic E-state index is -1.04. The van der Waals surface area contributed by atoms with Crippen LogP contribution < -0.4 is 5.32 Å². The van der Waals surface area contributed by atoms with Gasteiger partial charge in [0.05, 0.1) is 25.7 Å². The van der Waals surface area contributed by atoms with E-state index in [4.69, 9.17) is 0 Å². The van der Waals surface area contributed by atoms with Crippen LogP contribution in [0.1, 0.15) is 16.2 Å². The summed E-state index contributed by atoms with van der Waals surface area (Å²) in [6.07, 6.45) is 1.52. The molecule has 7 nitrogen and oxygen atoms in total. The summed E-state index contributed by atoms with van der Waals surface area (Å²) in [5.74, 6) is -2.61. The average Bonchev–Trinajstić information content (AvgIpc) is 3.00. The van der Waals surface area contributed by atoms with Gasteiger partial charge < -0.3 is 19.5 Å². The number of hydrogen-bond acceptors (Lipinski definition) is 4. The Bertz CT molecular complexity index is 806. The zero-order valence-corrected chi connectivity index (χ0v) is 12.8. The first-order valence-corrected chi connectivity index (χ1v) is 7.13. The number of nitrogens with zero attached hydrogens (tertiary/aromatic N) is 3. The van der Waals surface area contributed by atoms with Crippen LogP contribution >= 0.6 is 0 Å². The maximum atomic E-state index is 13.2. The van der Waals surface area contributed by atoms with Crippen LogP contribution in [0, 0.1) is 11.6 Å². The van der Waals surface area contributed by atoms with Crippen molar-refractivity contribution in [1.82, 2.24) is 14.5 Å². The molecule has 0 saturated heterocycles. The third kappa shape index (κ3) is 2.92. The predicted octanol–water partition coefficient (Wildman–Crippen LogP) is 2.00. The number of fused-ring (bicyclic) bond motifs is 1. The van der Waals surface area contributed by atoms with Crippen molar-refractivity contribution >= 4 is 17.7 Å². The molecular weight excluding hydrogens is 322 g/mol. The molecule has 1 aromatic carbocycles. The van der Waals surface area contributed by atoms with Crippen LogP contribution in [-0.2, 0) is 17.8 Å². The fourth-order valence-electron chi connectivity index (χ4n) is 2.47. The van der Waals surface area contributed by atoms with Crippen LogP contribution in [0.5, 0.6) is 0 Å². The molecule has 0 aliphatic carbocycles. The number of amides is 2. The highest BCUT2D eigenvalue weighted by Gasteiger charge is 2.27. The van der Waals surface area contributed by atoms with Gasteiger partial charge in [-0.05, 0) is 12.1 Å². The number of aromatic nitrogens is 2. The van der Waals surface area contributed by atoms with Crippen LogP contribution in [0.25, 0.3) is 0 Å². The lowest BCUT2D eigenvalue weighted by Crippen LogP contribution is -2.41. The third-order valence-electron chi connectivity index (χ3n) is 3.73. The number of benzene rings is 1. The Labute approximate surface area is 135 Å². The Hall–Kier alpha value is -2.97. The first-order chi connectivity index (χ1) is 11.5. The number of carbonyl (C=O) groups excluding carboxylic acids is 2. The minimum absolute atomic E-state index is 0.145. The number of methoxy groups -OCH3 is 1. The standard InChI is InChI=1S/C15H14F2N4O3/c1-24-14(22)13-12-7-20(4-5-21(12)8-18-13)15(23)19-9-2-3-10(16)11(17)6-9/h2-3,6,8H,4-5,7H2,1H3,(H,19,23). The van der Waals surface area contributed by atoms with E-state index in [1.54, 1.807) is 4.57 Å². The zero-order chi connectivity index (χ0) is 17.3. The Kier molecular flexibility index (Phi) is 4.15. The van der Waals surface area contributed by atoms with Gasteiger partial charge in [-0.3, -0.25) is 0 Å². The molecule has 0 fully saturated rings. The number of anilines is 1. The van der Waals surface area contributed by atoms with E-state index in [2.05, 4.69) is 15.0 Å². The van der Waals surface area contributed by atoms with Gasteiger partial charge in [0.15, 0.2) is 17.3 Å². The molecule has 0 unspecified atom stereocenters. The monoisotopic (exact) mass is 336 g/mol. The lowest BCUT2D eigenvalue weighted by Gasteiger charge is -2.28. The van der Waals surface area contributed by atoms with E-state index in [0.29, 0.717) is 18.8 Å². The zero-order valence-electron chi connectivity index (χ0n) is 12.8. The number of rotatable bonds is 2. The van der Waals surface area contributed by atoms with Gasteiger partial charge in [0, 0.05) is 24.8 Å². The molecule has 1 aromatic heterocycles. The fourth-order valence-corrected chi connectivity index (χ4v) is 2.47. The Morgan fingerprint density at radius 2 is 2.04 bits per heavy atom. The van der Waals surface area contributed by atoms with Gasteiger partial charge >= 0.3 is 12.0 Å². The third-order valence-corrected chi connectivity index (χ3v) is 3.73. The molecule has 3 rings (SSSR count). The van der Waals surface area contributed by atoms with Gasteiger partial charge in [0.2, 0.25) is 0 Å². The fraction of sp³-hybridized carbons (Fsp3) is 0.267. The molecule has 0 saturated carbocycles. The van der Waals surface area contributed by atoms with Crippen molar-refractivity contribution in [3.8, 4) is 0 Å². The van der Waals surface area contributed by atoms with Crippen molar-refractivity contribution in [3.63, 3.8) is 0 Å². The number of nitrogens with one attached hydrogen (secondary N) is 1. The van der Waals surface area contributed by atoms with Gasteiger partial charge in [0.25, 0.3) is 0 Å². The second kappa shape index (κ2) is 6.26. The summed E-state index contributed by atoms with van der Waals surface area (Å²) in [6.45, 7) is 1.00. The first-order valence-electron chi connectivity index (χ1n) is 7.13.